The molecule has 0 spiro atoms. The van der Waals surface area contributed by atoms with Crippen molar-refractivity contribution in [3.05, 3.63) is 35.4 Å². The fourth-order valence-electron chi connectivity index (χ4n) is 1.75. The first-order valence-electron chi connectivity index (χ1n) is 5.83. The van der Waals surface area contributed by atoms with Gasteiger partial charge >= 0.3 is 0 Å². The predicted octanol–water partition coefficient (Wildman–Crippen LogP) is 2.62. The molecule has 16 heavy (non-hydrogen) atoms. The van der Waals surface area contributed by atoms with Crippen molar-refractivity contribution in [2.75, 3.05) is 0 Å². The van der Waals surface area contributed by atoms with Gasteiger partial charge in [0.2, 0.25) is 0 Å². The Labute approximate surface area is 97.9 Å². The molecule has 0 saturated carbocycles. The molecule has 2 nitrogen and oxygen atoms in total. The minimum atomic E-state index is -0.681. The largest absolute Gasteiger partial charge is 0.319 e. The van der Waals surface area contributed by atoms with E-state index in [0.717, 1.165) is 18.4 Å². The Balaban J connectivity index is 2.67. The van der Waals surface area contributed by atoms with Crippen molar-refractivity contribution in [1.29, 1.82) is 0 Å². The number of rotatable bonds is 5. The van der Waals surface area contributed by atoms with E-state index < -0.39 is 5.54 Å². The molecule has 1 aromatic rings. The highest BCUT2D eigenvalue weighted by Gasteiger charge is 2.26. The first-order chi connectivity index (χ1) is 7.45. The van der Waals surface area contributed by atoms with Crippen molar-refractivity contribution < 1.29 is 4.79 Å². The summed E-state index contributed by atoms with van der Waals surface area (Å²) in [5.41, 5.74) is 7.57. The normalized spacial score (nSPS) is 14.5. The van der Waals surface area contributed by atoms with Crippen molar-refractivity contribution in [2.24, 2.45) is 5.73 Å². The number of benzene rings is 1. The number of ketones is 1. The van der Waals surface area contributed by atoms with Crippen molar-refractivity contribution in [3.63, 3.8) is 0 Å². The molecule has 0 bridgehead atoms. The van der Waals surface area contributed by atoms with Crippen molar-refractivity contribution >= 4 is 5.78 Å². The van der Waals surface area contributed by atoms with Crippen LogP contribution in [0.25, 0.3) is 0 Å². The van der Waals surface area contributed by atoms with E-state index in [-0.39, 0.29) is 5.78 Å². The highest BCUT2D eigenvalue weighted by atomic mass is 16.1. The van der Waals surface area contributed by atoms with Crippen molar-refractivity contribution in [1.82, 2.24) is 0 Å². The third-order valence-electron chi connectivity index (χ3n) is 2.89. The molecule has 0 aliphatic rings. The number of carbonyl (C=O) groups excluding carboxylic acids is 1. The van der Waals surface area contributed by atoms with Gasteiger partial charge in [0.15, 0.2) is 5.78 Å². The molecule has 2 N–H and O–H groups in total. The fourth-order valence-corrected chi connectivity index (χ4v) is 1.75. The van der Waals surface area contributed by atoms with Crippen LogP contribution >= 0.6 is 0 Å². The molecule has 88 valence electrons. The molecular weight excluding hydrogens is 198 g/mol. The molecule has 1 atom stereocenters. The number of nitrogens with two attached hydrogens (primary N) is 1. The van der Waals surface area contributed by atoms with Crippen LogP contribution in [0.3, 0.4) is 0 Å². The van der Waals surface area contributed by atoms with Gasteiger partial charge in [-0.05, 0) is 25.8 Å². The van der Waals surface area contributed by atoms with Crippen molar-refractivity contribution in [3.8, 4) is 0 Å². The van der Waals surface area contributed by atoms with Crippen LogP contribution in [0.15, 0.2) is 24.3 Å². The standard InChI is InChI=1S/C14H21NO/c1-4-9-14(3,15)13(16)10-12-7-5-11(2)6-8-12/h5-8H,4,9-10,15H2,1-3H3. The lowest BCUT2D eigenvalue weighted by Gasteiger charge is -2.22. The summed E-state index contributed by atoms with van der Waals surface area (Å²) in [5.74, 6) is 0.123. The number of aryl methyl sites for hydroxylation is 1. The minimum absolute atomic E-state index is 0.123. The molecule has 0 heterocycles. The van der Waals surface area contributed by atoms with Crippen LogP contribution in [0.2, 0.25) is 0 Å². The van der Waals surface area contributed by atoms with Gasteiger partial charge in [-0.25, -0.2) is 0 Å². The zero-order chi connectivity index (χ0) is 12.2. The predicted molar refractivity (Wildman–Crippen MR) is 67.4 cm³/mol. The van der Waals surface area contributed by atoms with E-state index in [4.69, 9.17) is 5.73 Å². The topological polar surface area (TPSA) is 43.1 Å². The second kappa shape index (κ2) is 5.26. The number of carbonyl (C=O) groups is 1. The molecule has 0 fully saturated rings. The molecule has 0 radical (unpaired) electrons. The number of hydrogen-bond acceptors (Lipinski definition) is 2. The lowest BCUT2D eigenvalue weighted by molar-refractivity contribution is -0.123. The van der Waals surface area contributed by atoms with E-state index in [0.29, 0.717) is 6.42 Å². The van der Waals surface area contributed by atoms with Crippen LogP contribution in [-0.4, -0.2) is 11.3 Å². The molecule has 1 aromatic carbocycles. The van der Waals surface area contributed by atoms with E-state index in [1.54, 1.807) is 0 Å². The number of Topliss-reactive ketones (excluding diaryl/α,β-unsaturated/α-hetero) is 1. The van der Waals surface area contributed by atoms with E-state index in [9.17, 15) is 4.79 Å². The maximum Gasteiger partial charge on any atom is 0.156 e. The van der Waals surface area contributed by atoms with E-state index in [2.05, 4.69) is 0 Å². The fraction of sp³-hybridized carbons (Fsp3) is 0.500. The average Bonchev–Trinajstić information content (AvgIpc) is 2.21. The quantitative estimate of drug-likeness (QED) is 0.827. The first kappa shape index (κ1) is 12.9. The van der Waals surface area contributed by atoms with Crippen LogP contribution in [0.1, 0.15) is 37.8 Å². The molecule has 0 aromatic heterocycles. The summed E-state index contributed by atoms with van der Waals surface area (Å²) in [5, 5.41) is 0. The Bertz CT molecular complexity index is 352. The van der Waals surface area contributed by atoms with Crippen LogP contribution < -0.4 is 5.73 Å². The number of hydrogen-bond donors (Lipinski definition) is 1. The third kappa shape index (κ3) is 3.46. The second-order valence-corrected chi connectivity index (χ2v) is 4.75. The Morgan fingerprint density at radius 3 is 2.38 bits per heavy atom. The SMILES string of the molecule is CCCC(C)(N)C(=O)Cc1ccc(C)cc1. The molecule has 1 unspecified atom stereocenters. The van der Waals surface area contributed by atoms with Gasteiger partial charge in [-0.2, -0.15) is 0 Å². The Hall–Kier alpha value is -1.15. The summed E-state index contributed by atoms with van der Waals surface area (Å²) in [7, 11) is 0. The third-order valence-corrected chi connectivity index (χ3v) is 2.89. The molecule has 0 saturated heterocycles. The summed E-state index contributed by atoms with van der Waals surface area (Å²) < 4.78 is 0. The van der Waals surface area contributed by atoms with Crippen LogP contribution in [0.4, 0.5) is 0 Å². The summed E-state index contributed by atoms with van der Waals surface area (Å²) >= 11 is 0. The second-order valence-electron chi connectivity index (χ2n) is 4.75. The molecule has 0 amide bonds. The smallest absolute Gasteiger partial charge is 0.156 e. The first-order valence-corrected chi connectivity index (χ1v) is 5.83. The van der Waals surface area contributed by atoms with Gasteiger partial charge in [0.05, 0.1) is 5.54 Å². The molecule has 2 heteroatoms. The average molecular weight is 219 g/mol. The maximum absolute atomic E-state index is 12.0. The Morgan fingerprint density at radius 2 is 1.88 bits per heavy atom. The van der Waals surface area contributed by atoms with Gasteiger partial charge in [-0.3, -0.25) is 4.79 Å². The van der Waals surface area contributed by atoms with E-state index in [1.807, 2.05) is 45.0 Å². The van der Waals surface area contributed by atoms with E-state index >= 15 is 0 Å². The monoisotopic (exact) mass is 219 g/mol. The van der Waals surface area contributed by atoms with Gasteiger partial charge in [0.25, 0.3) is 0 Å². The molecule has 1 rings (SSSR count). The summed E-state index contributed by atoms with van der Waals surface area (Å²) in [6.45, 7) is 5.91. The summed E-state index contributed by atoms with van der Waals surface area (Å²) in [6.07, 6.45) is 2.12. The van der Waals surface area contributed by atoms with Crippen molar-refractivity contribution in [2.45, 2.75) is 45.6 Å². The maximum atomic E-state index is 12.0. The van der Waals surface area contributed by atoms with Crippen LogP contribution in [-0.2, 0) is 11.2 Å². The Morgan fingerprint density at radius 1 is 1.31 bits per heavy atom. The van der Waals surface area contributed by atoms with Crippen LogP contribution in [0, 0.1) is 6.92 Å². The Kier molecular flexibility index (Phi) is 4.25. The minimum Gasteiger partial charge on any atom is -0.319 e. The lowest BCUT2D eigenvalue weighted by atomic mass is 9.88. The summed E-state index contributed by atoms with van der Waals surface area (Å²) in [6, 6.07) is 8.04. The molecule has 0 aliphatic heterocycles. The van der Waals surface area contributed by atoms with Gasteiger partial charge < -0.3 is 5.73 Å². The van der Waals surface area contributed by atoms with E-state index in [1.165, 1.54) is 5.56 Å². The van der Waals surface area contributed by atoms with Crippen LogP contribution in [0.5, 0.6) is 0 Å². The zero-order valence-corrected chi connectivity index (χ0v) is 10.4. The highest BCUT2D eigenvalue weighted by Crippen LogP contribution is 2.14. The van der Waals surface area contributed by atoms with Gasteiger partial charge in [-0.1, -0.05) is 43.2 Å². The lowest BCUT2D eigenvalue weighted by Crippen LogP contribution is -2.45. The summed E-state index contributed by atoms with van der Waals surface area (Å²) in [4.78, 5) is 12.0. The highest BCUT2D eigenvalue weighted by molar-refractivity contribution is 5.89. The zero-order valence-electron chi connectivity index (χ0n) is 10.4. The molecular formula is C14H21NO. The van der Waals surface area contributed by atoms with Gasteiger partial charge in [-0.15, -0.1) is 0 Å². The van der Waals surface area contributed by atoms with Gasteiger partial charge in [0, 0.05) is 6.42 Å². The van der Waals surface area contributed by atoms with Gasteiger partial charge in [0.1, 0.15) is 0 Å². The molecule has 0 aliphatic carbocycles.